The van der Waals surface area contributed by atoms with Crippen LogP contribution in [0.15, 0.2) is 102 Å². The Balaban J connectivity index is 1.31. The van der Waals surface area contributed by atoms with Crippen LogP contribution in [-0.2, 0) is 38.6 Å². The third-order valence-electron chi connectivity index (χ3n) is 7.09. The second-order valence-corrected chi connectivity index (χ2v) is 11.9. The number of benzene rings is 4. The van der Waals surface area contributed by atoms with Crippen LogP contribution in [-0.4, -0.2) is 44.6 Å². The fourth-order valence-corrected chi connectivity index (χ4v) is 6.69. The molecule has 1 amide bonds. The van der Waals surface area contributed by atoms with Crippen molar-refractivity contribution < 1.29 is 41.0 Å². The average molecular weight is 625 g/mol. The number of carbonyl (C=O) groups excluding carboxylic acids is 1. The maximum Gasteiger partial charge on any atom is 0.416 e. The standard InChI is InChI=1S/C32H27F3N2O6S/c33-32(34,35)25-8-4-7-23(19-25)22-11-13-27(14-12-22)44(41,42)37-28-10-2-1-6-24(28)20-29(37)31(40)36-15-16-43-26-9-3-5-21(17-26)18-30(38)39/h1-14,17,19,29H,15-16,18,20H2,(H,36,40)(H,38,39)/t29-/m0/s1. The predicted molar refractivity (Wildman–Crippen MR) is 157 cm³/mol. The lowest BCUT2D eigenvalue weighted by atomic mass is 10.0. The van der Waals surface area contributed by atoms with Crippen LogP contribution in [0.4, 0.5) is 18.9 Å². The van der Waals surface area contributed by atoms with Crippen LogP contribution in [0, 0.1) is 0 Å². The number of sulfonamides is 1. The molecule has 4 aromatic carbocycles. The van der Waals surface area contributed by atoms with Crippen LogP contribution in [0.25, 0.3) is 11.1 Å². The number of carboxylic acid groups (broad SMARTS) is 1. The van der Waals surface area contributed by atoms with Gasteiger partial charge in [0, 0.05) is 6.42 Å². The molecule has 12 heteroatoms. The summed E-state index contributed by atoms with van der Waals surface area (Å²) in [6.45, 7) is 0.125. The van der Waals surface area contributed by atoms with Crippen LogP contribution >= 0.6 is 0 Å². The van der Waals surface area contributed by atoms with Crippen molar-refractivity contribution in [3.63, 3.8) is 0 Å². The van der Waals surface area contributed by atoms with Gasteiger partial charge in [-0.2, -0.15) is 13.2 Å². The van der Waals surface area contributed by atoms with E-state index in [1.165, 1.54) is 36.4 Å². The van der Waals surface area contributed by atoms with E-state index in [-0.39, 0.29) is 36.5 Å². The Morgan fingerprint density at radius 3 is 2.36 bits per heavy atom. The van der Waals surface area contributed by atoms with Crippen LogP contribution in [0.5, 0.6) is 5.75 Å². The van der Waals surface area contributed by atoms with E-state index in [2.05, 4.69) is 5.32 Å². The maximum absolute atomic E-state index is 13.9. The van der Waals surface area contributed by atoms with Crippen molar-refractivity contribution in [3.05, 3.63) is 114 Å². The zero-order valence-electron chi connectivity index (χ0n) is 23.1. The molecule has 0 saturated carbocycles. The molecule has 44 heavy (non-hydrogen) atoms. The number of nitrogens with one attached hydrogen (secondary N) is 1. The van der Waals surface area contributed by atoms with Gasteiger partial charge in [0.2, 0.25) is 5.91 Å². The Kier molecular flexibility index (Phi) is 8.63. The van der Waals surface area contributed by atoms with Crippen LogP contribution < -0.4 is 14.4 Å². The number of nitrogens with zero attached hydrogens (tertiary/aromatic N) is 1. The zero-order valence-corrected chi connectivity index (χ0v) is 23.9. The van der Waals surface area contributed by atoms with E-state index in [0.717, 1.165) is 16.4 Å². The smallest absolute Gasteiger partial charge is 0.416 e. The number of rotatable bonds is 10. The molecule has 228 valence electrons. The van der Waals surface area contributed by atoms with Gasteiger partial charge in [-0.1, -0.05) is 54.6 Å². The Labute approximate surface area is 251 Å². The number of ether oxygens (including phenoxy) is 1. The van der Waals surface area contributed by atoms with Gasteiger partial charge in [0.05, 0.1) is 29.1 Å². The Morgan fingerprint density at radius 1 is 0.909 bits per heavy atom. The molecule has 8 nitrogen and oxygen atoms in total. The Bertz CT molecular complexity index is 1790. The molecule has 1 aliphatic heterocycles. The number of alkyl halides is 3. The minimum absolute atomic E-state index is 0.0612. The van der Waals surface area contributed by atoms with Crippen molar-refractivity contribution >= 4 is 27.6 Å². The minimum Gasteiger partial charge on any atom is -0.492 e. The number of aliphatic carboxylic acids is 1. The summed E-state index contributed by atoms with van der Waals surface area (Å²) in [4.78, 5) is 24.1. The molecule has 0 radical (unpaired) electrons. The number of amides is 1. The summed E-state index contributed by atoms with van der Waals surface area (Å²) in [5.74, 6) is -1.07. The highest BCUT2D eigenvalue weighted by Gasteiger charge is 2.42. The van der Waals surface area contributed by atoms with E-state index in [1.54, 1.807) is 48.5 Å². The van der Waals surface area contributed by atoms with E-state index in [0.29, 0.717) is 28.1 Å². The van der Waals surface area contributed by atoms with E-state index >= 15 is 0 Å². The number of hydrogen-bond donors (Lipinski definition) is 2. The Hall–Kier alpha value is -4.84. The fraction of sp³-hybridized carbons (Fsp3) is 0.188. The molecule has 1 atom stereocenters. The molecule has 1 heterocycles. The maximum atomic E-state index is 13.9. The van der Waals surface area contributed by atoms with Crippen LogP contribution in [0.3, 0.4) is 0 Å². The van der Waals surface area contributed by atoms with Gasteiger partial charge in [0.1, 0.15) is 18.4 Å². The number of carbonyl (C=O) groups is 2. The second kappa shape index (κ2) is 12.4. The normalized spacial score (nSPS) is 14.6. The van der Waals surface area contributed by atoms with E-state index in [1.807, 2.05) is 0 Å². The molecule has 0 aliphatic carbocycles. The van der Waals surface area contributed by atoms with Gasteiger partial charge in [0.15, 0.2) is 0 Å². The molecule has 0 aromatic heterocycles. The van der Waals surface area contributed by atoms with Crippen molar-refractivity contribution in [2.24, 2.45) is 0 Å². The summed E-state index contributed by atoms with van der Waals surface area (Å²) in [6, 6.07) is 22.5. The highest BCUT2D eigenvalue weighted by molar-refractivity contribution is 7.93. The van der Waals surface area contributed by atoms with Crippen molar-refractivity contribution in [1.82, 2.24) is 5.32 Å². The fourth-order valence-electron chi connectivity index (χ4n) is 5.04. The summed E-state index contributed by atoms with van der Waals surface area (Å²) >= 11 is 0. The number of para-hydroxylation sites is 1. The first-order valence-corrected chi connectivity index (χ1v) is 15.0. The van der Waals surface area contributed by atoms with Gasteiger partial charge >= 0.3 is 12.1 Å². The molecular weight excluding hydrogens is 597 g/mol. The number of halogens is 3. The molecule has 0 bridgehead atoms. The predicted octanol–water partition coefficient (Wildman–Crippen LogP) is 5.31. The monoisotopic (exact) mass is 624 g/mol. The molecule has 2 N–H and O–H groups in total. The summed E-state index contributed by atoms with van der Waals surface area (Å²) in [5.41, 5.74) is 1.46. The van der Waals surface area contributed by atoms with Crippen LogP contribution in [0.1, 0.15) is 16.7 Å². The topological polar surface area (TPSA) is 113 Å². The first-order chi connectivity index (χ1) is 20.9. The molecule has 1 aliphatic rings. The molecule has 0 saturated heterocycles. The highest BCUT2D eigenvalue weighted by atomic mass is 32.2. The summed E-state index contributed by atoms with van der Waals surface area (Å²) in [7, 11) is -4.25. The summed E-state index contributed by atoms with van der Waals surface area (Å²) in [6.07, 6.45) is -4.53. The first-order valence-electron chi connectivity index (χ1n) is 13.5. The lowest BCUT2D eigenvalue weighted by molar-refractivity contribution is -0.138. The SMILES string of the molecule is O=C(O)Cc1cccc(OCCNC(=O)[C@@H]2Cc3ccccc3N2S(=O)(=O)c2ccc(-c3cccc(C(F)(F)F)c3)cc2)c1. The number of hydrogen-bond acceptors (Lipinski definition) is 5. The van der Waals surface area contributed by atoms with Gasteiger partial charge in [-0.3, -0.25) is 13.9 Å². The van der Waals surface area contributed by atoms with Gasteiger partial charge in [0.25, 0.3) is 10.0 Å². The number of carboxylic acids is 1. The molecular formula is C32H27F3N2O6S. The van der Waals surface area contributed by atoms with E-state index < -0.39 is 39.7 Å². The zero-order chi connectivity index (χ0) is 31.5. The molecule has 0 unspecified atom stereocenters. The third kappa shape index (κ3) is 6.70. The summed E-state index contributed by atoms with van der Waals surface area (Å²) < 4.78 is 74.1. The number of fused-ring (bicyclic) bond motifs is 1. The van der Waals surface area contributed by atoms with Crippen LogP contribution in [0.2, 0.25) is 0 Å². The molecule has 5 rings (SSSR count). The lowest BCUT2D eigenvalue weighted by Gasteiger charge is -2.26. The van der Waals surface area contributed by atoms with E-state index in [4.69, 9.17) is 9.84 Å². The van der Waals surface area contributed by atoms with Gasteiger partial charge in [-0.15, -0.1) is 0 Å². The molecule has 4 aromatic rings. The quantitative estimate of drug-likeness (QED) is 0.231. The van der Waals surface area contributed by atoms with Gasteiger partial charge < -0.3 is 15.2 Å². The second-order valence-electron chi connectivity index (χ2n) is 10.1. The molecule has 0 spiro atoms. The first kappa shape index (κ1) is 30.6. The minimum atomic E-state index is -4.52. The summed E-state index contributed by atoms with van der Waals surface area (Å²) in [5, 5.41) is 11.7. The third-order valence-corrected chi connectivity index (χ3v) is 8.92. The lowest BCUT2D eigenvalue weighted by Crippen LogP contribution is -2.48. The molecule has 0 fully saturated rings. The largest absolute Gasteiger partial charge is 0.492 e. The van der Waals surface area contributed by atoms with Gasteiger partial charge in [-0.05, 0) is 64.7 Å². The van der Waals surface area contributed by atoms with Crippen molar-refractivity contribution in [2.75, 3.05) is 17.5 Å². The van der Waals surface area contributed by atoms with Crippen molar-refractivity contribution in [2.45, 2.75) is 30.0 Å². The van der Waals surface area contributed by atoms with Gasteiger partial charge in [-0.25, -0.2) is 8.42 Å². The Morgan fingerprint density at radius 2 is 1.64 bits per heavy atom. The van der Waals surface area contributed by atoms with Crippen molar-refractivity contribution in [3.8, 4) is 16.9 Å². The number of anilines is 1. The van der Waals surface area contributed by atoms with Crippen molar-refractivity contribution in [1.29, 1.82) is 0 Å². The highest BCUT2D eigenvalue weighted by Crippen LogP contribution is 2.38. The van der Waals surface area contributed by atoms with E-state index in [9.17, 15) is 31.2 Å². The average Bonchev–Trinajstić information content (AvgIpc) is 3.40.